The molecular formula is C24H34O5. The Hall–Kier alpha value is -1.65. The molecule has 0 aromatic heterocycles. The Bertz CT molecular complexity index is 740. The highest BCUT2D eigenvalue weighted by Crippen LogP contribution is 2.66. The smallest absolute Gasteiger partial charge is 0.302 e. The maximum absolute atomic E-state index is 12.0. The molecule has 0 aromatic carbocycles. The highest BCUT2D eigenvalue weighted by Gasteiger charge is 2.61. The van der Waals surface area contributed by atoms with Crippen LogP contribution in [0.15, 0.2) is 11.6 Å². The van der Waals surface area contributed by atoms with Crippen LogP contribution >= 0.6 is 0 Å². The molecule has 0 heterocycles. The molecular weight excluding hydrogens is 368 g/mol. The van der Waals surface area contributed by atoms with Crippen LogP contribution in [0.4, 0.5) is 0 Å². The van der Waals surface area contributed by atoms with Crippen molar-refractivity contribution >= 4 is 17.7 Å². The van der Waals surface area contributed by atoms with Crippen LogP contribution < -0.4 is 0 Å². The molecule has 0 spiro atoms. The van der Waals surface area contributed by atoms with E-state index in [1.165, 1.54) is 19.4 Å². The summed E-state index contributed by atoms with van der Waals surface area (Å²) >= 11 is 0. The molecule has 4 rings (SSSR count). The lowest BCUT2D eigenvalue weighted by molar-refractivity contribution is -0.163. The number of hydrogen-bond donors (Lipinski definition) is 0. The van der Waals surface area contributed by atoms with Crippen molar-refractivity contribution in [3.8, 4) is 0 Å². The third kappa shape index (κ3) is 3.44. The average molecular weight is 403 g/mol. The molecule has 0 N–H and O–H groups in total. The molecule has 0 bridgehead atoms. The lowest BCUT2D eigenvalue weighted by Crippen LogP contribution is -2.53. The fourth-order valence-electron chi connectivity index (χ4n) is 7.55. The minimum absolute atomic E-state index is 0.0702. The van der Waals surface area contributed by atoms with Gasteiger partial charge in [-0.2, -0.15) is 0 Å². The van der Waals surface area contributed by atoms with Gasteiger partial charge in [0.25, 0.3) is 0 Å². The third-order valence-corrected chi connectivity index (χ3v) is 8.78. The summed E-state index contributed by atoms with van der Waals surface area (Å²) in [5.41, 5.74) is 1.43. The van der Waals surface area contributed by atoms with E-state index in [1.54, 1.807) is 0 Å². The van der Waals surface area contributed by atoms with Crippen LogP contribution in [0.3, 0.4) is 0 Å². The third-order valence-electron chi connectivity index (χ3n) is 8.78. The number of esters is 2. The summed E-state index contributed by atoms with van der Waals surface area (Å²) in [7, 11) is 0. The van der Waals surface area contributed by atoms with Gasteiger partial charge in [0.15, 0.2) is 5.78 Å². The molecule has 0 aliphatic heterocycles. The van der Waals surface area contributed by atoms with E-state index in [0.717, 1.165) is 51.4 Å². The normalized spacial score (nSPS) is 40.9. The van der Waals surface area contributed by atoms with E-state index in [9.17, 15) is 14.4 Å². The van der Waals surface area contributed by atoms with E-state index in [1.807, 2.05) is 6.08 Å². The predicted molar refractivity (Wildman–Crippen MR) is 108 cm³/mol. The summed E-state index contributed by atoms with van der Waals surface area (Å²) in [4.78, 5) is 35.2. The highest BCUT2D eigenvalue weighted by atomic mass is 16.5. The van der Waals surface area contributed by atoms with Crippen molar-refractivity contribution < 1.29 is 23.9 Å². The van der Waals surface area contributed by atoms with E-state index in [2.05, 4.69) is 6.92 Å². The van der Waals surface area contributed by atoms with Crippen molar-refractivity contribution in [3.05, 3.63) is 11.6 Å². The van der Waals surface area contributed by atoms with Crippen LogP contribution in [-0.4, -0.2) is 30.4 Å². The van der Waals surface area contributed by atoms with Crippen molar-refractivity contribution in [2.24, 2.45) is 28.6 Å². The standard InChI is InChI=1S/C24H34O5/c1-15(25)28-13-12-24-11-9-20-19(21(24)6-7-22(24)29-16(2)26)5-4-17-14-18(27)8-10-23(17,20)3/h14,19-22H,4-13H2,1-3H3/t19?,20?,21?,22-,23-,24+/m0/s1. The highest BCUT2D eigenvalue weighted by molar-refractivity contribution is 5.91. The zero-order valence-corrected chi connectivity index (χ0v) is 18.0. The summed E-state index contributed by atoms with van der Waals surface area (Å²) in [6, 6.07) is 0. The average Bonchev–Trinajstić information content (AvgIpc) is 3.00. The second kappa shape index (κ2) is 7.55. The van der Waals surface area contributed by atoms with Gasteiger partial charge in [-0.15, -0.1) is 0 Å². The monoisotopic (exact) mass is 402 g/mol. The van der Waals surface area contributed by atoms with Gasteiger partial charge in [0, 0.05) is 25.7 Å². The van der Waals surface area contributed by atoms with E-state index < -0.39 is 0 Å². The van der Waals surface area contributed by atoms with Crippen LogP contribution in [0, 0.1) is 28.6 Å². The second-order valence-electron chi connectivity index (χ2n) is 10.0. The van der Waals surface area contributed by atoms with Crippen molar-refractivity contribution in [1.29, 1.82) is 0 Å². The van der Waals surface area contributed by atoms with E-state index in [4.69, 9.17) is 9.47 Å². The van der Waals surface area contributed by atoms with Crippen LogP contribution in [0.25, 0.3) is 0 Å². The van der Waals surface area contributed by atoms with Gasteiger partial charge in [-0.3, -0.25) is 14.4 Å². The molecule has 4 aliphatic carbocycles. The summed E-state index contributed by atoms with van der Waals surface area (Å²) in [6.07, 6.45) is 10.5. The SMILES string of the molecule is CC(=O)OCC[C@]12CCC3C(CCC4=CC(=O)CC[C@@]43C)C1CC[C@@H]2OC(C)=O. The lowest BCUT2D eigenvalue weighted by atomic mass is 9.46. The number of ether oxygens (including phenoxy) is 2. The second-order valence-corrected chi connectivity index (χ2v) is 10.0. The molecule has 3 fully saturated rings. The van der Waals surface area contributed by atoms with Crippen LogP contribution in [0.1, 0.15) is 78.6 Å². The van der Waals surface area contributed by atoms with Gasteiger partial charge in [-0.1, -0.05) is 12.5 Å². The van der Waals surface area contributed by atoms with Gasteiger partial charge >= 0.3 is 11.9 Å². The number of carbonyl (C=O) groups is 3. The van der Waals surface area contributed by atoms with E-state index in [-0.39, 0.29) is 28.9 Å². The molecule has 3 unspecified atom stereocenters. The molecule has 160 valence electrons. The quantitative estimate of drug-likeness (QED) is 0.653. The summed E-state index contributed by atoms with van der Waals surface area (Å²) < 4.78 is 11.2. The lowest BCUT2D eigenvalue weighted by Gasteiger charge is -2.58. The molecule has 29 heavy (non-hydrogen) atoms. The topological polar surface area (TPSA) is 69.7 Å². The first kappa shape index (κ1) is 20.6. The number of allylic oxidation sites excluding steroid dienone is 1. The zero-order chi connectivity index (χ0) is 20.8. The Morgan fingerprint density at radius 2 is 1.83 bits per heavy atom. The number of carbonyl (C=O) groups excluding carboxylic acids is 3. The first-order valence-corrected chi connectivity index (χ1v) is 11.3. The maximum atomic E-state index is 12.0. The van der Waals surface area contributed by atoms with Crippen molar-refractivity contribution in [2.75, 3.05) is 6.61 Å². The maximum Gasteiger partial charge on any atom is 0.302 e. The van der Waals surface area contributed by atoms with Gasteiger partial charge in [-0.05, 0) is 80.6 Å². The van der Waals surface area contributed by atoms with Gasteiger partial charge in [-0.25, -0.2) is 0 Å². The fourth-order valence-corrected chi connectivity index (χ4v) is 7.55. The molecule has 4 aliphatic rings. The summed E-state index contributed by atoms with van der Waals surface area (Å²) in [6.45, 7) is 5.73. The molecule has 0 aromatic rings. The zero-order valence-electron chi connectivity index (χ0n) is 18.0. The molecule has 0 saturated heterocycles. The van der Waals surface area contributed by atoms with Crippen molar-refractivity contribution in [3.63, 3.8) is 0 Å². The van der Waals surface area contributed by atoms with Crippen LogP contribution in [0.5, 0.6) is 0 Å². The minimum atomic E-state index is -0.250. The molecule has 5 heteroatoms. The molecule has 0 radical (unpaired) electrons. The molecule has 5 nitrogen and oxygen atoms in total. The van der Waals surface area contributed by atoms with Gasteiger partial charge in [0.05, 0.1) is 6.61 Å². The number of ketones is 1. The van der Waals surface area contributed by atoms with Crippen LogP contribution in [-0.2, 0) is 23.9 Å². The Labute approximate surface area is 173 Å². The Kier molecular flexibility index (Phi) is 5.37. The van der Waals surface area contributed by atoms with Crippen LogP contribution in [0.2, 0.25) is 0 Å². The fraction of sp³-hybridized carbons (Fsp3) is 0.792. The Balaban J connectivity index is 1.62. The predicted octanol–water partition coefficient (Wildman–Crippen LogP) is 4.38. The first-order valence-electron chi connectivity index (χ1n) is 11.3. The first-order chi connectivity index (χ1) is 13.8. The van der Waals surface area contributed by atoms with Crippen molar-refractivity contribution in [2.45, 2.75) is 84.7 Å². The van der Waals surface area contributed by atoms with E-state index >= 15 is 0 Å². The van der Waals surface area contributed by atoms with Gasteiger partial charge < -0.3 is 9.47 Å². The summed E-state index contributed by atoms with van der Waals surface area (Å²) in [5, 5.41) is 0. The Morgan fingerprint density at radius 3 is 2.55 bits per heavy atom. The number of rotatable bonds is 4. The number of hydrogen-bond acceptors (Lipinski definition) is 5. The summed E-state index contributed by atoms with van der Waals surface area (Å²) in [5.74, 6) is 1.52. The molecule has 0 amide bonds. The molecule has 6 atom stereocenters. The minimum Gasteiger partial charge on any atom is -0.466 e. The van der Waals surface area contributed by atoms with Crippen molar-refractivity contribution in [1.82, 2.24) is 0 Å². The number of fused-ring (bicyclic) bond motifs is 5. The molecule has 3 saturated carbocycles. The van der Waals surface area contributed by atoms with Gasteiger partial charge in [0.2, 0.25) is 0 Å². The largest absolute Gasteiger partial charge is 0.466 e. The van der Waals surface area contributed by atoms with Gasteiger partial charge in [0.1, 0.15) is 6.10 Å². The Morgan fingerprint density at radius 1 is 1.03 bits per heavy atom. The van der Waals surface area contributed by atoms with E-state index in [0.29, 0.717) is 36.6 Å².